The number of sulfone groups is 1. The number of hydrogen-bond donors (Lipinski definition) is 0. The van der Waals surface area contributed by atoms with Gasteiger partial charge < -0.3 is 0 Å². The lowest BCUT2D eigenvalue weighted by Crippen LogP contribution is -2.31. The molecule has 0 fully saturated rings. The zero-order valence-electron chi connectivity index (χ0n) is 16.1. The molecule has 3 aromatic carbocycles. The summed E-state index contributed by atoms with van der Waals surface area (Å²) in [7, 11) is -3.53. The molecule has 1 heterocycles. The summed E-state index contributed by atoms with van der Waals surface area (Å²) < 4.78 is 26.2. The molecule has 4 rings (SSSR count). The number of amides is 1. The number of anilines is 1. The van der Waals surface area contributed by atoms with E-state index in [2.05, 4.69) is 4.98 Å². The molecule has 0 aliphatic carbocycles. The Hall–Kier alpha value is -3.03. The van der Waals surface area contributed by atoms with Crippen LogP contribution in [0.25, 0.3) is 10.2 Å². The summed E-state index contributed by atoms with van der Waals surface area (Å²) in [5.74, 6) is -0.510. The fraction of sp³-hybridized carbons (Fsp3) is 0.130. The van der Waals surface area contributed by atoms with Crippen LogP contribution in [-0.4, -0.2) is 25.1 Å². The number of carbonyl (C=O) groups is 1. The Morgan fingerprint density at radius 1 is 0.867 bits per heavy atom. The minimum Gasteiger partial charge on any atom is -0.284 e. The van der Waals surface area contributed by atoms with Gasteiger partial charge in [0.1, 0.15) is 0 Å². The van der Waals surface area contributed by atoms with Crippen molar-refractivity contribution in [2.75, 3.05) is 10.7 Å². The molecule has 0 aliphatic heterocycles. The van der Waals surface area contributed by atoms with E-state index in [-0.39, 0.29) is 23.0 Å². The highest BCUT2D eigenvalue weighted by atomic mass is 32.2. The molecule has 0 atom stereocenters. The molecule has 0 saturated heterocycles. The van der Waals surface area contributed by atoms with Crippen LogP contribution in [0.1, 0.15) is 12.0 Å². The van der Waals surface area contributed by atoms with Crippen molar-refractivity contribution in [1.29, 1.82) is 0 Å². The van der Waals surface area contributed by atoms with Gasteiger partial charge in [-0.25, -0.2) is 13.4 Å². The Labute approximate surface area is 179 Å². The Bertz CT molecular complexity index is 1220. The number of carbonyl (C=O) groups excluding carboxylic acids is 1. The average Bonchev–Trinajstić information content (AvgIpc) is 3.21. The zero-order chi connectivity index (χ0) is 21.0. The van der Waals surface area contributed by atoms with Crippen molar-refractivity contribution in [2.24, 2.45) is 0 Å². The predicted octanol–water partition coefficient (Wildman–Crippen LogP) is 4.69. The van der Waals surface area contributed by atoms with Crippen molar-refractivity contribution in [1.82, 2.24) is 4.98 Å². The van der Waals surface area contributed by atoms with Gasteiger partial charge in [-0.15, -0.1) is 0 Å². The van der Waals surface area contributed by atoms with Crippen LogP contribution in [0, 0.1) is 0 Å². The van der Waals surface area contributed by atoms with Crippen LogP contribution in [-0.2, 0) is 21.2 Å². The van der Waals surface area contributed by atoms with Gasteiger partial charge in [0.25, 0.3) is 0 Å². The Morgan fingerprint density at radius 3 is 2.20 bits per heavy atom. The van der Waals surface area contributed by atoms with Crippen molar-refractivity contribution >= 4 is 42.4 Å². The van der Waals surface area contributed by atoms with Gasteiger partial charge in [0.15, 0.2) is 15.0 Å². The first kappa shape index (κ1) is 20.3. The first-order chi connectivity index (χ1) is 14.5. The lowest BCUT2D eigenvalue weighted by atomic mass is 10.2. The third-order valence-corrected chi connectivity index (χ3v) is 7.48. The maximum absolute atomic E-state index is 13.1. The fourth-order valence-electron chi connectivity index (χ4n) is 3.11. The zero-order valence-corrected chi connectivity index (χ0v) is 17.8. The average molecular weight is 437 g/mol. The number of benzene rings is 3. The molecule has 0 N–H and O–H groups in total. The number of thiazole rings is 1. The standard InChI is InChI=1S/C23H20N2O3S2/c26-22(15-16-30(27,28)19-11-5-2-6-12-19)25(17-18-9-3-1-4-10-18)23-24-20-13-7-8-14-21(20)29-23/h1-14H,15-17H2. The predicted molar refractivity (Wildman–Crippen MR) is 120 cm³/mol. The monoisotopic (exact) mass is 436 g/mol. The van der Waals surface area contributed by atoms with E-state index in [0.717, 1.165) is 15.8 Å². The number of nitrogens with zero attached hydrogens (tertiary/aromatic N) is 2. The number of fused-ring (bicyclic) bond motifs is 1. The van der Waals surface area contributed by atoms with Crippen LogP contribution in [0.5, 0.6) is 0 Å². The summed E-state index contributed by atoms with van der Waals surface area (Å²) in [4.78, 5) is 19.6. The molecule has 152 valence electrons. The molecule has 0 saturated carbocycles. The molecule has 7 heteroatoms. The topological polar surface area (TPSA) is 67.3 Å². The second-order valence-electron chi connectivity index (χ2n) is 6.81. The highest BCUT2D eigenvalue weighted by Crippen LogP contribution is 2.30. The van der Waals surface area contributed by atoms with Gasteiger partial charge in [-0.05, 0) is 29.8 Å². The van der Waals surface area contributed by atoms with Crippen LogP contribution in [0.15, 0.2) is 89.8 Å². The molecule has 0 spiro atoms. The normalized spacial score (nSPS) is 11.5. The first-order valence-electron chi connectivity index (χ1n) is 9.50. The van der Waals surface area contributed by atoms with Crippen molar-refractivity contribution in [3.63, 3.8) is 0 Å². The van der Waals surface area contributed by atoms with Crippen LogP contribution in [0.2, 0.25) is 0 Å². The van der Waals surface area contributed by atoms with Gasteiger partial charge in [-0.3, -0.25) is 9.69 Å². The van der Waals surface area contributed by atoms with Crippen molar-refractivity contribution in [3.8, 4) is 0 Å². The third kappa shape index (κ3) is 4.58. The SMILES string of the molecule is O=C(CCS(=O)(=O)c1ccccc1)N(Cc1ccccc1)c1nc2ccccc2s1. The largest absolute Gasteiger partial charge is 0.284 e. The van der Waals surface area contributed by atoms with Gasteiger partial charge in [-0.2, -0.15) is 0 Å². The highest BCUT2D eigenvalue weighted by molar-refractivity contribution is 7.91. The minimum atomic E-state index is -3.53. The quantitative estimate of drug-likeness (QED) is 0.421. The van der Waals surface area contributed by atoms with E-state index in [1.807, 2.05) is 54.6 Å². The van der Waals surface area contributed by atoms with E-state index in [1.54, 1.807) is 35.2 Å². The van der Waals surface area contributed by atoms with Crippen LogP contribution in [0.4, 0.5) is 5.13 Å². The summed E-state index contributed by atoms with van der Waals surface area (Å²) in [6, 6.07) is 25.5. The molecule has 5 nitrogen and oxygen atoms in total. The van der Waals surface area contributed by atoms with E-state index in [4.69, 9.17) is 0 Å². The van der Waals surface area contributed by atoms with Crippen molar-refractivity contribution in [3.05, 3.63) is 90.5 Å². The number of aromatic nitrogens is 1. The van der Waals surface area contributed by atoms with Crippen LogP contribution < -0.4 is 4.90 Å². The molecule has 1 aromatic heterocycles. The van der Waals surface area contributed by atoms with Crippen molar-refractivity contribution in [2.45, 2.75) is 17.9 Å². The second-order valence-corrected chi connectivity index (χ2v) is 9.93. The minimum absolute atomic E-state index is 0.111. The summed E-state index contributed by atoms with van der Waals surface area (Å²) >= 11 is 1.43. The second kappa shape index (κ2) is 8.77. The summed E-state index contributed by atoms with van der Waals surface area (Å²) in [5.41, 5.74) is 1.77. The molecule has 0 radical (unpaired) electrons. The fourth-order valence-corrected chi connectivity index (χ4v) is 5.34. The van der Waals surface area contributed by atoms with E-state index in [1.165, 1.54) is 11.3 Å². The van der Waals surface area contributed by atoms with E-state index in [9.17, 15) is 13.2 Å². The van der Waals surface area contributed by atoms with Crippen LogP contribution >= 0.6 is 11.3 Å². The Morgan fingerprint density at radius 2 is 1.50 bits per heavy atom. The first-order valence-corrected chi connectivity index (χ1v) is 12.0. The summed E-state index contributed by atoms with van der Waals surface area (Å²) in [6.07, 6.45) is -0.111. The molecule has 30 heavy (non-hydrogen) atoms. The lowest BCUT2D eigenvalue weighted by molar-refractivity contribution is -0.118. The van der Waals surface area contributed by atoms with Gasteiger partial charge in [-0.1, -0.05) is 72.0 Å². The lowest BCUT2D eigenvalue weighted by Gasteiger charge is -2.20. The maximum atomic E-state index is 13.1. The van der Waals surface area contributed by atoms with Gasteiger partial charge in [0, 0.05) is 6.42 Å². The molecule has 1 amide bonds. The number of para-hydroxylation sites is 1. The highest BCUT2D eigenvalue weighted by Gasteiger charge is 2.23. The molecule has 0 aliphatic rings. The maximum Gasteiger partial charge on any atom is 0.230 e. The molecule has 0 unspecified atom stereocenters. The Balaban J connectivity index is 1.59. The van der Waals surface area contributed by atoms with Gasteiger partial charge in [0.05, 0.1) is 27.4 Å². The van der Waals surface area contributed by atoms with E-state index in [0.29, 0.717) is 11.7 Å². The summed E-state index contributed by atoms with van der Waals surface area (Å²) in [6.45, 7) is 0.338. The number of hydrogen-bond acceptors (Lipinski definition) is 5. The smallest absolute Gasteiger partial charge is 0.230 e. The molecular formula is C23H20N2O3S2. The molecule has 0 bridgehead atoms. The van der Waals surface area contributed by atoms with Gasteiger partial charge in [0.2, 0.25) is 5.91 Å². The van der Waals surface area contributed by atoms with E-state index >= 15 is 0 Å². The molecular weight excluding hydrogens is 416 g/mol. The Kier molecular flexibility index (Phi) is 5.92. The number of rotatable bonds is 7. The van der Waals surface area contributed by atoms with Crippen LogP contribution in [0.3, 0.4) is 0 Å². The summed E-state index contributed by atoms with van der Waals surface area (Å²) in [5, 5.41) is 0.571. The van der Waals surface area contributed by atoms with E-state index < -0.39 is 9.84 Å². The molecule has 4 aromatic rings. The van der Waals surface area contributed by atoms with Crippen molar-refractivity contribution < 1.29 is 13.2 Å². The van der Waals surface area contributed by atoms with Gasteiger partial charge >= 0.3 is 0 Å². The third-order valence-electron chi connectivity index (χ3n) is 4.69.